The Morgan fingerprint density at radius 3 is 2.90 bits per heavy atom. The molecule has 2 atom stereocenters. The Labute approximate surface area is 61.5 Å². The zero-order valence-corrected chi connectivity index (χ0v) is 6.52. The second-order valence-electron chi connectivity index (χ2n) is 3.38. The van der Waals surface area contributed by atoms with Gasteiger partial charge in [-0.25, -0.2) is 0 Å². The number of H-pyrrole nitrogens is 1. The lowest BCUT2D eigenvalue weighted by Gasteiger charge is -2.00. The molecule has 0 amide bonds. The fraction of sp³-hybridized carbons (Fsp3) is 0.556. The molecule has 1 aromatic heterocycles. The van der Waals surface area contributed by atoms with Gasteiger partial charge in [-0.1, -0.05) is 13.8 Å². The third-order valence-corrected chi connectivity index (χ3v) is 2.54. The van der Waals surface area contributed by atoms with E-state index in [1.807, 2.05) is 0 Å². The molecule has 0 bridgehead atoms. The van der Waals surface area contributed by atoms with Crippen molar-refractivity contribution in [1.82, 2.24) is 4.98 Å². The van der Waals surface area contributed by atoms with Gasteiger partial charge in [0.1, 0.15) is 0 Å². The summed E-state index contributed by atoms with van der Waals surface area (Å²) in [5.41, 5.74) is 3.00. The summed E-state index contributed by atoms with van der Waals surface area (Å²) in [5, 5.41) is 0. The largest absolute Gasteiger partial charge is 0.365 e. The monoisotopic (exact) mass is 135 g/mol. The molecular weight excluding hydrogens is 122 g/mol. The zero-order valence-electron chi connectivity index (χ0n) is 6.52. The van der Waals surface area contributed by atoms with Crippen molar-refractivity contribution < 1.29 is 0 Å². The summed E-state index contributed by atoms with van der Waals surface area (Å²) in [4.78, 5) is 3.30. The van der Waals surface area contributed by atoms with Crippen LogP contribution in [0.2, 0.25) is 0 Å². The minimum Gasteiger partial charge on any atom is -0.365 e. The first-order chi connectivity index (χ1) is 4.79. The molecule has 1 aliphatic rings. The lowest BCUT2D eigenvalue weighted by Crippen LogP contribution is -1.85. The van der Waals surface area contributed by atoms with Crippen LogP contribution in [0.1, 0.15) is 43.4 Å². The fourth-order valence-electron chi connectivity index (χ4n) is 2.03. The number of rotatable bonds is 0. The van der Waals surface area contributed by atoms with Crippen molar-refractivity contribution in [2.24, 2.45) is 0 Å². The predicted molar refractivity (Wildman–Crippen MR) is 42.2 cm³/mol. The molecule has 2 rings (SSSR count). The molecule has 0 saturated carbocycles. The highest BCUT2D eigenvalue weighted by Crippen LogP contribution is 2.39. The van der Waals surface area contributed by atoms with Gasteiger partial charge in [0, 0.05) is 11.9 Å². The topological polar surface area (TPSA) is 15.8 Å². The Bertz CT molecular complexity index is 214. The highest BCUT2D eigenvalue weighted by molar-refractivity contribution is 5.32. The first-order valence-electron chi connectivity index (χ1n) is 3.96. The summed E-state index contributed by atoms with van der Waals surface area (Å²) in [6.07, 6.45) is 3.37. The molecule has 1 heteroatoms. The van der Waals surface area contributed by atoms with Gasteiger partial charge in [0.25, 0.3) is 0 Å². The highest BCUT2D eigenvalue weighted by atomic mass is 14.7. The number of aromatic nitrogens is 1. The van der Waals surface area contributed by atoms with Crippen molar-refractivity contribution in [3.8, 4) is 0 Å². The molecule has 10 heavy (non-hydrogen) atoms. The Balaban J connectivity index is 2.48. The number of nitrogens with one attached hydrogen (secondary N) is 1. The van der Waals surface area contributed by atoms with Gasteiger partial charge < -0.3 is 4.98 Å². The van der Waals surface area contributed by atoms with Gasteiger partial charge in [-0.15, -0.1) is 0 Å². The standard InChI is InChI=1S/C9H13N/c1-6-5-7(2)9-8(6)3-4-10-9/h3-4,6-7,10H,5H2,1-2H3. The molecule has 0 aliphatic heterocycles. The van der Waals surface area contributed by atoms with Crippen LogP contribution in [-0.4, -0.2) is 4.98 Å². The maximum atomic E-state index is 3.30. The van der Waals surface area contributed by atoms with E-state index in [1.54, 1.807) is 0 Å². The van der Waals surface area contributed by atoms with Crippen LogP contribution in [0.4, 0.5) is 0 Å². The van der Waals surface area contributed by atoms with Crippen molar-refractivity contribution >= 4 is 0 Å². The first-order valence-corrected chi connectivity index (χ1v) is 3.96. The third-order valence-electron chi connectivity index (χ3n) is 2.54. The molecule has 0 spiro atoms. The molecule has 0 saturated heterocycles. The maximum absolute atomic E-state index is 3.30. The second kappa shape index (κ2) is 1.88. The fourth-order valence-corrected chi connectivity index (χ4v) is 2.03. The average Bonchev–Trinajstić information content (AvgIpc) is 2.39. The van der Waals surface area contributed by atoms with Crippen molar-refractivity contribution in [3.05, 3.63) is 23.5 Å². The van der Waals surface area contributed by atoms with E-state index in [0.29, 0.717) is 0 Å². The van der Waals surface area contributed by atoms with E-state index in [0.717, 1.165) is 11.8 Å². The minimum absolute atomic E-state index is 0.750. The van der Waals surface area contributed by atoms with E-state index in [2.05, 4.69) is 31.1 Å². The van der Waals surface area contributed by atoms with Crippen molar-refractivity contribution in [1.29, 1.82) is 0 Å². The average molecular weight is 135 g/mol. The lowest BCUT2D eigenvalue weighted by atomic mass is 10.1. The molecule has 0 fully saturated rings. The first kappa shape index (κ1) is 6.02. The number of aromatic amines is 1. The van der Waals surface area contributed by atoms with Gasteiger partial charge >= 0.3 is 0 Å². The van der Waals surface area contributed by atoms with Gasteiger partial charge in [-0.2, -0.15) is 0 Å². The summed E-state index contributed by atoms with van der Waals surface area (Å²) >= 11 is 0. The number of hydrogen-bond donors (Lipinski definition) is 1. The normalized spacial score (nSPS) is 30.6. The van der Waals surface area contributed by atoms with Gasteiger partial charge in [-0.05, 0) is 29.9 Å². The van der Waals surface area contributed by atoms with E-state index in [9.17, 15) is 0 Å². The second-order valence-corrected chi connectivity index (χ2v) is 3.38. The Morgan fingerprint density at radius 1 is 1.40 bits per heavy atom. The lowest BCUT2D eigenvalue weighted by molar-refractivity contribution is 0.652. The van der Waals surface area contributed by atoms with Crippen LogP contribution in [0.3, 0.4) is 0 Å². The molecule has 1 nitrogen and oxygen atoms in total. The van der Waals surface area contributed by atoms with Crippen LogP contribution in [0.5, 0.6) is 0 Å². The molecule has 1 N–H and O–H groups in total. The van der Waals surface area contributed by atoms with Crippen LogP contribution in [0.25, 0.3) is 0 Å². The van der Waals surface area contributed by atoms with Crippen molar-refractivity contribution in [2.45, 2.75) is 32.1 Å². The molecule has 1 aliphatic carbocycles. The van der Waals surface area contributed by atoms with Crippen LogP contribution in [0.15, 0.2) is 12.3 Å². The van der Waals surface area contributed by atoms with Gasteiger partial charge in [0.2, 0.25) is 0 Å². The van der Waals surface area contributed by atoms with E-state index < -0.39 is 0 Å². The van der Waals surface area contributed by atoms with E-state index in [-0.39, 0.29) is 0 Å². The highest BCUT2D eigenvalue weighted by Gasteiger charge is 2.25. The SMILES string of the molecule is CC1CC(C)c2[nH]ccc21. The molecule has 2 unspecified atom stereocenters. The van der Waals surface area contributed by atoms with E-state index >= 15 is 0 Å². The molecule has 0 radical (unpaired) electrons. The number of hydrogen-bond acceptors (Lipinski definition) is 0. The molecule has 54 valence electrons. The van der Waals surface area contributed by atoms with Gasteiger partial charge in [0.05, 0.1) is 0 Å². The van der Waals surface area contributed by atoms with E-state index in [1.165, 1.54) is 17.7 Å². The molecule has 1 aromatic rings. The summed E-state index contributed by atoms with van der Waals surface area (Å²) in [6, 6.07) is 2.21. The van der Waals surface area contributed by atoms with Gasteiger partial charge in [0.15, 0.2) is 0 Å². The van der Waals surface area contributed by atoms with Crippen LogP contribution in [0, 0.1) is 0 Å². The zero-order chi connectivity index (χ0) is 7.14. The van der Waals surface area contributed by atoms with Crippen LogP contribution < -0.4 is 0 Å². The van der Waals surface area contributed by atoms with Crippen molar-refractivity contribution in [3.63, 3.8) is 0 Å². The smallest absolute Gasteiger partial charge is 0.0211 e. The maximum Gasteiger partial charge on any atom is 0.0211 e. The molecular formula is C9H13N. The minimum atomic E-state index is 0.750. The Morgan fingerprint density at radius 2 is 2.20 bits per heavy atom. The summed E-state index contributed by atoms with van der Waals surface area (Å²) in [5.74, 6) is 1.52. The summed E-state index contributed by atoms with van der Waals surface area (Å²) in [7, 11) is 0. The van der Waals surface area contributed by atoms with Crippen molar-refractivity contribution in [2.75, 3.05) is 0 Å². The predicted octanol–water partition coefficient (Wildman–Crippen LogP) is 2.63. The van der Waals surface area contributed by atoms with E-state index in [4.69, 9.17) is 0 Å². The summed E-state index contributed by atoms with van der Waals surface area (Å²) < 4.78 is 0. The quantitative estimate of drug-likeness (QED) is 0.563. The Kier molecular flexibility index (Phi) is 1.13. The third kappa shape index (κ3) is 0.634. The Hall–Kier alpha value is -0.720. The molecule has 1 heterocycles. The van der Waals surface area contributed by atoms with Crippen LogP contribution >= 0.6 is 0 Å². The summed E-state index contributed by atoms with van der Waals surface area (Å²) in [6.45, 7) is 4.59. The van der Waals surface area contributed by atoms with Crippen LogP contribution in [-0.2, 0) is 0 Å². The number of fused-ring (bicyclic) bond motifs is 1. The molecule has 0 aromatic carbocycles. The van der Waals surface area contributed by atoms with Gasteiger partial charge in [-0.3, -0.25) is 0 Å².